The number of amides is 1. The number of aliphatic hydroxyl groups excluding tert-OH is 1. The van der Waals surface area contributed by atoms with Gasteiger partial charge in [0.2, 0.25) is 5.91 Å². The Morgan fingerprint density at radius 1 is 1.07 bits per heavy atom. The highest BCUT2D eigenvalue weighted by molar-refractivity contribution is 5.77. The highest BCUT2D eigenvalue weighted by Gasteiger charge is 2.34. The molecule has 0 aliphatic heterocycles. The summed E-state index contributed by atoms with van der Waals surface area (Å²) in [6.45, 7) is 0.237. The third-order valence-corrected chi connectivity index (χ3v) is 5.48. The number of carbonyl (C=O) groups excluding carboxylic acids is 1. The molecular weight excluding hydrogens is 354 g/mol. The Labute approximate surface area is 166 Å². The average molecular weight is 383 g/mol. The number of carbonyl (C=O) groups is 1. The summed E-state index contributed by atoms with van der Waals surface area (Å²) in [6.07, 6.45) is 2.06. The van der Waals surface area contributed by atoms with E-state index < -0.39 is 6.10 Å². The Hall–Kier alpha value is -2.53. The van der Waals surface area contributed by atoms with E-state index in [2.05, 4.69) is 12.1 Å². The lowest BCUT2D eigenvalue weighted by atomic mass is 9.90. The van der Waals surface area contributed by atoms with Crippen LogP contribution in [-0.4, -0.2) is 43.7 Å². The van der Waals surface area contributed by atoms with Gasteiger partial charge in [-0.1, -0.05) is 36.4 Å². The minimum absolute atomic E-state index is 0.0558. The quantitative estimate of drug-likeness (QED) is 0.716. The molecule has 1 saturated carbocycles. The predicted octanol–water partition coefficient (Wildman–Crippen LogP) is 3.78. The van der Waals surface area contributed by atoms with Crippen molar-refractivity contribution in [2.45, 2.75) is 31.3 Å². The summed E-state index contributed by atoms with van der Waals surface area (Å²) in [4.78, 5) is 14.4. The van der Waals surface area contributed by atoms with Crippen molar-refractivity contribution in [3.05, 3.63) is 59.7 Å². The van der Waals surface area contributed by atoms with Crippen molar-refractivity contribution in [3.63, 3.8) is 0 Å². The third kappa shape index (κ3) is 4.84. The van der Waals surface area contributed by atoms with Crippen LogP contribution in [0.15, 0.2) is 48.5 Å². The maximum atomic E-state index is 12.8. The van der Waals surface area contributed by atoms with Crippen molar-refractivity contribution >= 4 is 5.91 Å². The first-order valence-electron chi connectivity index (χ1n) is 9.72. The van der Waals surface area contributed by atoms with Crippen LogP contribution in [0.25, 0.3) is 0 Å². The lowest BCUT2D eigenvalue weighted by Crippen LogP contribution is -2.32. The monoisotopic (exact) mass is 383 g/mol. The number of rotatable bonds is 9. The van der Waals surface area contributed by atoms with Crippen molar-refractivity contribution < 1.29 is 19.4 Å². The number of hydrogen-bond acceptors (Lipinski definition) is 4. The van der Waals surface area contributed by atoms with Gasteiger partial charge in [0.15, 0.2) is 11.5 Å². The van der Waals surface area contributed by atoms with Crippen LogP contribution in [0.4, 0.5) is 0 Å². The van der Waals surface area contributed by atoms with Crippen LogP contribution in [0.1, 0.15) is 42.4 Å². The van der Waals surface area contributed by atoms with E-state index in [1.807, 2.05) is 18.2 Å². The molecular formula is C23H29NO4. The highest BCUT2D eigenvalue weighted by Crippen LogP contribution is 2.44. The molecule has 0 heterocycles. The molecule has 150 valence electrons. The van der Waals surface area contributed by atoms with Crippen LogP contribution in [0.5, 0.6) is 11.5 Å². The molecule has 0 radical (unpaired) electrons. The highest BCUT2D eigenvalue weighted by atomic mass is 16.5. The minimum atomic E-state index is -0.787. The number of hydrogen-bond donors (Lipinski definition) is 1. The summed E-state index contributed by atoms with van der Waals surface area (Å²) in [7, 11) is 4.88. The summed E-state index contributed by atoms with van der Waals surface area (Å²) in [5, 5.41) is 10.6. The molecule has 2 aromatic carbocycles. The smallest absolute Gasteiger partial charge is 0.223 e. The second-order valence-electron chi connectivity index (χ2n) is 7.46. The van der Waals surface area contributed by atoms with Crippen LogP contribution in [0.3, 0.4) is 0 Å². The summed E-state index contributed by atoms with van der Waals surface area (Å²) in [6, 6.07) is 15.6. The fraction of sp³-hybridized carbons (Fsp3) is 0.435. The summed E-state index contributed by atoms with van der Waals surface area (Å²) in [5.74, 6) is 2.08. The summed E-state index contributed by atoms with van der Waals surface area (Å²) >= 11 is 0. The molecule has 1 amide bonds. The van der Waals surface area contributed by atoms with Crippen LogP contribution < -0.4 is 9.47 Å². The Kier molecular flexibility index (Phi) is 6.57. The molecule has 0 bridgehead atoms. The second-order valence-corrected chi connectivity index (χ2v) is 7.46. The normalized spacial score (nSPS) is 15.6. The van der Waals surface area contributed by atoms with E-state index in [9.17, 15) is 9.90 Å². The SMILES string of the molecule is COc1ccc(C(O)CN(C)C(=O)CC(c2ccccc2)C2CC2)cc1OC. The number of aliphatic hydroxyl groups is 1. The zero-order valence-electron chi connectivity index (χ0n) is 16.8. The first-order chi connectivity index (χ1) is 13.5. The molecule has 1 aliphatic rings. The van der Waals surface area contributed by atoms with Gasteiger partial charge < -0.3 is 19.5 Å². The molecule has 1 fully saturated rings. The number of methoxy groups -OCH3 is 2. The molecule has 5 nitrogen and oxygen atoms in total. The van der Waals surface area contributed by atoms with E-state index >= 15 is 0 Å². The Morgan fingerprint density at radius 2 is 1.75 bits per heavy atom. The molecule has 28 heavy (non-hydrogen) atoms. The molecule has 0 aromatic heterocycles. The van der Waals surface area contributed by atoms with Gasteiger partial charge in [-0.15, -0.1) is 0 Å². The molecule has 2 unspecified atom stereocenters. The number of ether oxygens (including phenoxy) is 2. The van der Waals surface area contributed by atoms with Crippen molar-refractivity contribution in [1.82, 2.24) is 4.90 Å². The first kappa shape index (κ1) is 20.2. The topological polar surface area (TPSA) is 59.0 Å². The molecule has 1 aliphatic carbocycles. The lowest BCUT2D eigenvalue weighted by Gasteiger charge is -2.24. The van der Waals surface area contributed by atoms with Gasteiger partial charge in [-0.25, -0.2) is 0 Å². The van der Waals surface area contributed by atoms with Gasteiger partial charge >= 0.3 is 0 Å². The minimum Gasteiger partial charge on any atom is -0.493 e. The van der Waals surface area contributed by atoms with Gasteiger partial charge in [-0.2, -0.15) is 0 Å². The third-order valence-electron chi connectivity index (χ3n) is 5.48. The van der Waals surface area contributed by atoms with E-state index in [0.717, 1.165) is 0 Å². The van der Waals surface area contributed by atoms with Gasteiger partial charge in [0.1, 0.15) is 0 Å². The molecule has 2 atom stereocenters. The van der Waals surface area contributed by atoms with E-state index in [1.54, 1.807) is 44.4 Å². The van der Waals surface area contributed by atoms with Gasteiger partial charge in [0.25, 0.3) is 0 Å². The van der Waals surface area contributed by atoms with Gasteiger partial charge in [-0.3, -0.25) is 4.79 Å². The zero-order valence-corrected chi connectivity index (χ0v) is 16.8. The molecule has 5 heteroatoms. The summed E-state index contributed by atoms with van der Waals surface area (Å²) < 4.78 is 10.5. The van der Waals surface area contributed by atoms with Gasteiger partial charge in [0.05, 0.1) is 26.9 Å². The number of likely N-dealkylation sites (N-methyl/N-ethyl adjacent to an activating group) is 1. The maximum absolute atomic E-state index is 12.8. The average Bonchev–Trinajstić information content (AvgIpc) is 3.56. The fourth-order valence-corrected chi connectivity index (χ4v) is 3.63. The Bertz CT molecular complexity index is 788. The number of benzene rings is 2. The zero-order chi connectivity index (χ0) is 20.1. The second kappa shape index (κ2) is 9.11. The van der Waals surface area contributed by atoms with E-state index in [1.165, 1.54) is 18.4 Å². The van der Waals surface area contributed by atoms with E-state index in [4.69, 9.17) is 9.47 Å². The fourth-order valence-electron chi connectivity index (χ4n) is 3.63. The first-order valence-corrected chi connectivity index (χ1v) is 9.72. The molecule has 1 N–H and O–H groups in total. The molecule has 2 aromatic rings. The van der Waals surface area contributed by atoms with Crippen LogP contribution in [0, 0.1) is 5.92 Å². The van der Waals surface area contributed by atoms with Crippen LogP contribution in [-0.2, 0) is 4.79 Å². The predicted molar refractivity (Wildman–Crippen MR) is 109 cm³/mol. The van der Waals surface area contributed by atoms with Crippen LogP contribution >= 0.6 is 0 Å². The van der Waals surface area contributed by atoms with E-state index in [-0.39, 0.29) is 18.4 Å². The van der Waals surface area contributed by atoms with Crippen molar-refractivity contribution in [3.8, 4) is 11.5 Å². The maximum Gasteiger partial charge on any atom is 0.223 e. The van der Waals surface area contributed by atoms with Crippen molar-refractivity contribution in [2.24, 2.45) is 5.92 Å². The van der Waals surface area contributed by atoms with Crippen molar-refractivity contribution in [2.75, 3.05) is 27.8 Å². The molecule has 3 rings (SSSR count). The van der Waals surface area contributed by atoms with Gasteiger partial charge in [0, 0.05) is 13.5 Å². The lowest BCUT2D eigenvalue weighted by molar-refractivity contribution is -0.131. The number of nitrogens with zero attached hydrogens (tertiary/aromatic N) is 1. The summed E-state index contributed by atoms with van der Waals surface area (Å²) in [5.41, 5.74) is 1.92. The Balaban J connectivity index is 1.63. The van der Waals surface area contributed by atoms with Crippen LogP contribution in [0.2, 0.25) is 0 Å². The van der Waals surface area contributed by atoms with Gasteiger partial charge in [-0.05, 0) is 47.9 Å². The molecule has 0 spiro atoms. The molecule has 0 saturated heterocycles. The van der Waals surface area contributed by atoms with E-state index in [0.29, 0.717) is 29.4 Å². The van der Waals surface area contributed by atoms with Crippen molar-refractivity contribution in [1.29, 1.82) is 0 Å². The standard InChI is InChI=1S/C23H29NO4/c1-24(15-20(25)18-11-12-21(27-2)22(13-18)28-3)23(26)14-19(17-9-10-17)16-7-5-4-6-8-16/h4-8,11-13,17,19-20,25H,9-10,14-15H2,1-3H3. The largest absolute Gasteiger partial charge is 0.493 e. The Morgan fingerprint density at radius 3 is 2.36 bits per heavy atom.